The largest absolute Gasteiger partial charge is 0.409 e. The number of nitrogens with one attached hydrogen (secondary N) is 1. The number of nitrogen functional groups attached to an aromatic ring is 1. The van der Waals surface area contributed by atoms with Crippen LogP contribution in [0.25, 0.3) is 0 Å². The summed E-state index contributed by atoms with van der Waals surface area (Å²) in [4.78, 5) is 7.37. The van der Waals surface area contributed by atoms with Gasteiger partial charge in [-0.25, -0.2) is 9.97 Å². The quantitative estimate of drug-likeness (QED) is 0.445. The second-order valence-corrected chi connectivity index (χ2v) is 2.16. The molecule has 0 spiro atoms. The third-order valence-corrected chi connectivity index (χ3v) is 1.13. The normalized spacial score (nSPS) is 8.80. The van der Waals surface area contributed by atoms with Crippen LogP contribution in [-0.4, -0.2) is 35.3 Å². The molecule has 2 aromatic rings. The van der Waals surface area contributed by atoms with Crippen LogP contribution in [-0.2, 0) is 0 Å². The van der Waals surface area contributed by atoms with E-state index < -0.39 is 0 Å². The predicted molar refractivity (Wildman–Crippen MR) is 47.3 cm³/mol. The van der Waals surface area contributed by atoms with Crippen LogP contribution in [0, 0.1) is 5.41 Å². The molecule has 0 saturated carbocycles. The lowest BCUT2D eigenvalue weighted by molar-refractivity contribution is 0.124. The van der Waals surface area contributed by atoms with Crippen molar-refractivity contribution in [1.82, 2.24) is 30.1 Å². The first-order chi connectivity index (χ1) is 7.20. The zero-order chi connectivity index (χ0) is 11.1. The predicted octanol–water partition coefficient (Wildman–Crippen LogP) is -1.55. The van der Waals surface area contributed by atoms with Crippen LogP contribution in [0.2, 0.25) is 0 Å². The van der Waals surface area contributed by atoms with Gasteiger partial charge in [-0.1, -0.05) is 4.85 Å². The van der Waals surface area contributed by atoms with Crippen molar-refractivity contribution >= 4 is 5.95 Å². The Morgan fingerprint density at radius 2 is 1.93 bits per heavy atom. The number of anilines is 1. The number of hydrogen-bond donors (Lipinski definition) is 3. The fraction of sp³-hybridized carbons (Fsp3) is 0. The summed E-state index contributed by atoms with van der Waals surface area (Å²) in [5, 5.41) is 25.4. The molecule has 0 saturated heterocycles. The smallest absolute Gasteiger partial charge is 0.276 e. The minimum Gasteiger partial charge on any atom is -0.409 e. The lowest BCUT2D eigenvalue weighted by atomic mass is 10.9. The summed E-state index contributed by atoms with van der Waals surface area (Å²) in [5.74, 6) is 0.211. The second kappa shape index (κ2) is 5.21. The molecule has 0 aliphatic carbocycles. The van der Waals surface area contributed by atoms with Crippen molar-refractivity contribution in [1.29, 1.82) is 5.41 Å². The summed E-state index contributed by atoms with van der Waals surface area (Å²) in [6, 6.07) is 0. The Kier molecular flexibility index (Phi) is 3.65. The van der Waals surface area contributed by atoms with Crippen molar-refractivity contribution in [3.63, 3.8) is 0 Å². The average Bonchev–Trinajstić information content (AvgIpc) is 2.25. The second-order valence-electron chi connectivity index (χ2n) is 2.16. The highest BCUT2D eigenvalue weighted by Crippen LogP contribution is 1.77. The van der Waals surface area contributed by atoms with Crippen LogP contribution in [0.15, 0.2) is 24.8 Å². The zero-order valence-electron chi connectivity index (χ0n) is 7.52. The number of aromatic nitrogens is 6. The average molecular weight is 208 g/mol. The topological polar surface area (TPSA) is 139 Å². The van der Waals surface area contributed by atoms with Gasteiger partial charge < -0.3 is 10.9 Å². The molecule has 0 atom stereocenters. The fourth-order valence-corrected chi connectivity index (χ4v) is 0.561. The van der Waals surface area contributed by atoms with Gasteiger partial charge >= 0.3 is 0 Å². The zero-order valence-corrected chi connectivity index (χ0v) is 7.52. The maximum atomic E-state index is 8.47. The molecule has 0 aromatic carbocycles. The van der Waals surface area contributed by atoms with E-state index in [9.17, 15) is 0 Å². The molecule has 15 heavy (non-hydrogen) atoms. The van der Waals surface area contributed by atoms with Gasteiger partial charge in [0.05, 0.1) is 24.8 Å². The minimum atomic E-state index is -0.271. The van der Waals surface area contributed by atoms with E-state index in [1.165, 1.54) is 24.8 Å². The van der Waals surface area contributed by atoms with Crippen LogP contribution in [0.1, 0.15) is 0 Å². The van der Waals surface area contributed by atoms with Gasteiger partial charge in [-0.2, -0.15) is 5.10 Å². The third-order valence-electron chi connectivity index (χ3n) is 1.13. The van der Waals surface area contributed by atoms with Gasteiger partial charge in [-0.15, -0.1) is 10.2 Å². The Morgan fingerprint density at radius 1 is 1.20 bits per heavy atom. The molecule has 0 radical (unpaired) electrons. The highest BCUT2D eigenvalue weighted by atomic mass is 16.5. The molecule has 2 heterocycles. The summed E-state index contributed by atoms with van der Waals surface area (Å²) in [7, 11) is 0. The Bertz CT molecular complexity index is 454. The van der Waals surface area contributed by atoms with Gasteiger partial charge in [0.15, 0.2) is 0 Å². The van der Waals surface area contributed by atoms with E-state index in [2.05, 4.69) is 25.3 Å². The van der Waals surface area contributed by atoms with Crippen molar-refractivity contribution < 1.29 is 5.21 Å². The van der Waals surface area contributed by atoms with Gasteiger partial charge in [-0.3, -0.25) is 5.41 Å². The maximum absolute atomic E-state index is 8.47. The Balaban J connectivity index is 0.000000151. The first kappa shape index (κ1) is 10.5. The molecular weight excluding hydrogens is 200 g/mol. The minimum absolute atomic E-state index is 0.211. The van der Waals surface area contributed by atoms with E-state index >= 15 is 0 Å². The fourth-order valence-electron chi connectivity index (χ4n) is 0.561. The van der Waals surface area contributed by atoms with E-state index in [0.29, 0.717) is 4.85 Å². The first-order valence-corrected chi connectivity index (χ1v) is 3.73. The van der Waals surface area contributed by atoms with Crippen LogP contribution in [0.3, 0.4) is 0 Å². The summed E-state index contributed by atoms with van der Waals surface area (Å²) in [6.45, 7) is 0. The molecule has 0 aliphatic heterocycles. The van der Waals surface area contributed by atoms with Crippen molar-refractivity contribution in [3.8, 4) is 0 Å². The van der Waals surface area contributed by atoms with Gasteiger partial charge in [-0.05, 0) is 0 Å². The Morgan fingerprint density at radius 3 is 2.27 bits per heavy atom. The molecule has 4 N–H and O–H groups in total. The highest BCUT2D eigenvalue weighted by Gasteiger charge is 1.81. The van der Waals surface area contributed by atoms with Crippen LogP contribution < -0.4 is 11.4 Å². The summed E-state index contributed by atoms with van der Waals surface area (Å²) < 4.78 is 0. The van der Waals surface area contributed by atoms with E-state index in [1.807, 2.05) is 0 Å². The standard InChI is InChI=1S/C3H4N4O.C3H4N4/c4-3-5-1-2-6-7(3)8;4-3-5-1-2-6-7-3/h1-2,4,8H;1-2H,(H2,4,5,7). The number of nitrogens with zero attached hydrogens (tertiary/aromatic N) is 6. The van der Waals surface area contributed by atoms with Crippen LogP contribution in [0.5, 0.6) is 0 Å². The summed E-state index contributed by atoms with van der Waals surface area (Å²) in [5.41, 5.74) is 4.80. The molecule has 0 aliphatic rings. The monoisotopic (exact) mass is 208 g/mol. The number of nitrogens with two attached hydrogens (primary N) is 1. The van der Waals surface area contributed by atoms with Crippen LogP contribution >= 0.6 is 0 Å². The molecule has 2 rings (SSSR count). The van der Waals surface area contributed by atoms with Crippen LogP contribution in [0.4, 0.5) is 5.95 Å². The van der Waals surface area contributed by atoms with Crippen molar-refractivity contribution in [2.45, 2.75) is 0 Å². The molecule has 2 aromatic heterocycles. The van der Waals surface area contributed by atoms with Crippen molar-refractivity contribution in [3.05, 3.63) is 30.4 Å². The third kappa shape index (κ3) is 3.76. The van der Waals surface area contributed by atoms with Crippen molar-refractivity contribution in [2.75, 3.05) is 5.73 Å². The lowest BCUT2D eigenvalue weighted by Crippen LogP contribution is -2.22. The summed E-state index contributed by atoms with van der Waals surface area (Å²) in [6.07, 6.45) is 5.58. The van der Waals surface area contributed by atoms with Gasteiger partial charge in [0, 0.05) is 0 Å². The van der Waals surface area contributed by atoms with Gasteiger partial charge in [0.25, 0.3) is 5.62 Å². The van der Waals surface area contributed by atoms with Gasteiger partial charge in [0.1, 0.15) is 0 Å². The molecule has 0 bridgehead atoms. The molecule has 9 heteroatoms. The van der Waals surface area contributed by atoms with E-state index in [1.54, 1.807) is 0 Å². The molecule has 0 fully saturated rings. The lowest BCUT2D eigenvalue weighted by Gasteiger charge is -1.87. The Hall–Kier alpha value is -2.58. The SMILES string of the molecule is N=c1nccnn1O.Nc1nccnn1. The van der Waals surface area contributed by atoms with Crippen molar-refractivity contribution in [2.24, 2.45) is 0 Å². The molecule has 0 amide bonds. The van der Waals surface area contributed by atoms with E-state index in [4.69, 9.17) is 16.4 Å². The number of hydrogen-bond acceptors (Lipinski definition) is 8. The molecule has 9 nitrogen and oxygen atoms in total. The highest BCUT2D eigenvalue weighted by molar-refractivity contribution is 5.07. The Labute approximate surface area is 83.7 Å². The first-order valence-electron chi connectivity index (χ1n) is 3.73. The van der Waals surface area contributed by atoms with E-state index in [-0.39, 0.29) is 11.6 Å². The summed E-state index contributed by atoms with van der Waals surface area (Å²) >= 11 is 0. The molecular formula is C6H8N8O. The molecule has 0 unspecified atom stereocenters. The maximum Gasteiger partial charge on any atom is 0.276 e. The van der Waals surface area contributed by atoms with E-state index in [0.717, 1.165) is 0 Å². The molecule has 78 valence electrons. The number of rotatable bonds is 0. The van der Waals surface area contributed by atoms with Gasteiger partial charge in [0.2, 0.25) is 5.95 Å².